The van der Waals surface area contributed by atoms with Crippen LogP contribution in [0, 0.1) is 5.92 Å². The number of nitrogens with one attached hydrogen (secondary N) is 2. The van der Waals surface area contributed by atoms with E-state index in [1.807, 2.05) is 20.8 Å². The fourth-order valence-corrected chi connectivity index (χ4v) is 3.41. The zero-order valence-corrected chi connectivity index (χ0v) is 14.5. The van der Waals surface area contributed by atoms with Gasteiger partial charge < -0.3 is 10.1 Å². The zero-order valence-electron chi connectivity index (χ0n) is 14.5. The molecule has 0 aromatic rings. The second kappa shape index (κ2) is 8.16. The minimum atomic E-state index is -0.428. The Bertz CT molecular complexity index is 348. The van der Waals surface area contributed by atoms with Crippen molar-refractivity contribution in [3.8, 4) is 0 Å². The van der Waals surface area contributed by atoms with E-state index in [2.05, 4.69) is 15.8 Å². The number of amides is 1. The highest BCUT2D eigenvalue weighted by molar-refractivity contribution is 5.67. The second-order valence-corrected chi connectivity index (χ2v) is 7.71. The molecule has 0 aromatic carbocycles. The summed E-state index contributed by atoms with van der Waals surface area (Å²) >= 11 is 0. The molecule has 0 bridgehead atoms. The quantitative estimate of drug-likeness (QED) is 0.838. The van der Waals surface area contributed by atoms with Gasteiger partial charge in [0.25, 0.3) is 0 Å². The first-order chi connectivity index (χ1) is 10.4. The van der Waals surface area contributed by atoms with Crippen LogP contribution in [0.4, 0.5) is 4.79 Å². The number of piperidine rings is 1. The Kier molecular flexibility index (Phi) is 6.50. The number of alkyl carbamates (subject to hydrolysis) is 1. The monoisotopic (exact) mass is 311 g/mol. The van der Waals surface area contributed by atoms with Gasteiger partial charge in [0.2, 0.25) is 0 Å². The molecular weight excluding hydrogens is 278 g/mol. The summed E-state index contributed by atoms with van der Waals surface area (Å²) in [5, 5.41) is 5.35. The van der Waals surface area contributed by atoms with Crippen LogP contribution in [-0.4, -0.2) is 42.4 Å². The third-order valence-corrected chi connectivity index (χ3v) is 4.52. The number of rotatable bonds is 4. The molecule has 1 amide bonds. The lowest BCUT2D eigenvalue weighted by Gasteiger charge is -2.38. The van der Waals surface area contributed by atoms with Gasteiger partial charge in [-0.1, -0.05) is 19.3 Å². The maximum Gasteiger partial charge on any atom is 0.407 e. The van der Waals surface area contributed by atoms with Gasteiger partial charge in [0, 0.05) is 25.7 Å². The highest BCUT2D eigenvalue weighted by Gasteiger charge is 2.28. The van der Waals surface area contributed by atoms with E-state index < -0.39 is 5.60 Å². The molecule has 128 valence electrons. The molecule has 2 rings (SSSR count). The normalized spacial score (nSPS) is 27.4. The third kappa shape index (κ3) is 6.13. The maximum atomic E-state index is 11.8. The number of hydrogen-bond donors (Lipinski definition) is 2. The van der Waals surface area contributed by atoms with Crippen molar-refractivity contribution in [2.75, 3.05) is 19.6 Å². The molecule has 1 aliphatic carbocycles. The highest BCUT2D eigenvalue weighted by Crippen LogP contribution is 2.25. The van der Waals surface area contributed by atoms with Crippen LogP contribution in [0.3, 0.4) is 0 Å². The summed E-state index contributed by atoms with van der Waals surface area (Å²) in [5.74, 6) is 0.503. The lowest BCUT2D eigenvalue weighted by molar-refractivity contribution is 0.0488. The molecule has 5 nitrogen and oxygen atoms in total. The minimum Gasteiger partial charge on any atom is -0.444 e. The van der Waals surface area contributed by atoms with Gasteiger partial charge in [0.15, 0.2) is 0 Å². The van der Waals surface area contributed by atoms with Gasteiger partial charge in [-0.3, -0.25) is 5.43 Å². The number of hydrazine groups is 1. The number of carbonyl (C=O) groups excluding carboxylic acids is 1. The Morgan fingerprint density at radius 2 is 1.77 bits per heavy atom. The molecule has 1 aliphatic heterocycles. The molecule has 1 saturated carbocycles. The largest absolute Gasteiger partial charge is 0.444 e. The van der Waals surface area contributed by atoms with Gasteiger partial charge in [-0.25, -0.2) is 9.80 Å². The van der Waals surface area contributed by atoms with Crippen LogP contribution >= 0.6 is 0 Å². The van der Waals surface area contributed by atoms with Crippen molar-refractivity contribution in [1.29, 1.82) is 0 Å². The van der Waals surface area contributed by atoms with E-state index in [0.29, 0.717) is 18.5 Å². The summed E-state index contributed by atoms with van der Waals surface area (Å²) < 4.78 is 5.33. The van der Waals surface area contributed by atoms with Crippen LogP contribution < -0.4 is 10.7 Å². The van der Waals surface area contributed by atoms with Crippen LogP contribution in [0.25, 0.3) is 0 Å². The molecule has 0 spiro atoms. The average molecular weight is 311 g/mol. The molecule has 5 heteroatoms. The first-order valence-corrected chi connectivity index (χ1v) is 8.92. The van der Waals surface area contributed by atoms with E-state index in [9.17, 15) is 4.79 Å². The summed E-state index contributed by atoms with van der Waals surface area (Å²) in [4.78, 5) is 11.8. The third-order valence-electron chi connectivity index (χ3n) is 4.52. The molecule has 22 heavy (non-hydrogen) atoms. The fraction of sp³-hybridized carbons (Fsp3) is 0.941. The number of nitrogens with zero attached hydrogens (tertiary/aromatic N) is 1. The number of carbonyl (C=O) groups is 1. The van der Waals surface area contributed by atoms with E-state index in [4.69, 9.17) is 4.74 Å². The molecular formula is C17H33N3O2. The van der Waals surface area contributed by atoms with E-state index >= 15 is 0 Å². The SMILES string of the molecule is CC(C)(C)OC(=O)NCC1CCCCC1NN1CCCCC1. The van der Waals surface area contributed by atoms with Crippen molar-refractivity contribution >= 4 is 6.09 Å². The fourth-order valence-electron chi connectivity index (χ4n) is 3.41. The summed E-state index contributed by atoms with van der Waals surface area (Å²) in [6.07, 6.45) is 8.58. The highest BCUT2D eigenvalue weighted by atomic mass is 16.6. The summed E-state index contributed by atoms with van der Waals surface area (Å²) in [7, 11) is 0. The van der Waals surface area contributed by atoms with Crippen molar-refractivity contribution in [2.24, 2.45) is 5.92 Å². The summed E-state index contributed by atoms with van der Waals surface area (Å²) in [6, 6.07) is 0.488. The molecule has 2 atom stereocenters. The summed E-state index contributed by atoms with van der Waals surface area (Å²) in [5.41, 5.74) is 3.29. The molecule has 0 radical (unpaired) electrons. The minimum absolute atomic E-state index is 0.296. The van der Waals surface area contributed by atoms with E-state index in [0.717, 1.165) is 13.1 Å². The standard InChI is InChI=1S/C17H33N3O2/c1-17(2,3)22-16(21)18-13-14-9-5-6-10-15(14)19-20-11-7-4-8-12-20/h14-15,19H,4-13H2,1-3H3,(H,18,21). The second-order valence-electron chi connectivity index (χ2n) is 7.71. The van der Waals surface area contributed by atoms with Gasteiger partial charge in [0.1, 0.15) is 5.60 Å². The van der Waals surface area contributed by atoms with Gasteiger partial charge in [0.05, 0.1) is 0 Å². The topological polar surface area (TPSA) is 53.6 Å². The number of hydrogen-bond acceptors (Lipinski definition) is 4. The van der Waals surface area contributed by atoms with E-state index in [1.54, 1.807) is 0 Å². The average Bonchev–Trinajstić information content (AvgIpc) is 2.46. The van der Waals surface area contributed by atoms with Crippen molar-refractivity contribution in [3.63, 3.8) is 0 Å². The molecule has 1 heterocycles. The van der Waals surface area contributed by atoms with E-state index in [1.165, 1.54) is 44.9 Å². The van der Waals surface area contributed by atoms with Crippen LogP contribution in [0.15, 0.2) is 0 Å². The Morgan fingerprint density at radius 3 is 2.45 bits per heavy atom. The van der Waals surface area contributed by atoms with Crippen LogP contribution in [0.5, 0.6) is 0 Å². The van der Waals surface area contributed by atoms with Crippen LogP contribution in [0.2, 0.25) is 0 Å². The van der Waals surface area contributed by atoms with Crippen LogP contribution in [0.1, 0.15) is 65.7 Å². The van der Waals surface area contributed by atoms with Gasteiger partial charge >= 0.3 is 6.09 Å². The lowest BCUT2D eigenvalue weighted by atomic mass is 9.85. The molecule has 0 aromatic heterocycles. The van der Waals surface area contributed by atoms with Gasteiger partial charge in [-0.05, 0) is 52.4 Å². The van der Waals surface area contributed by atoms with Crippen molar-refractivity contribution in [3.05, 3.63) is 0 Å². The number of ether oxygens (including phenoxy) is 1. The molecule has 2 aliphatic rings. The molecule has 1 saturated heterocycles. The Balaban J connectivity index is 1.77. The van der Waals surface area contributed by atoms with Gasteiger partial charge in [-0.15, -0.1) is 0 Å². The Hall–Kier alpha value is -0.810. The van der Waals surface area contributed by atoms with Crippen molar-refractivity contribution in [2.45, 2.75) is 77.4 Å². The Morgan fingerprint density at radius 1 is 1.09 bits per heavy atom. The van der Waals surface area contributed by atoms with E-state index in [-0.39, 0.29) is 6.09 Å². The Labute approximate surface area is 135 Å². The molecule has 2 fully saturated rings. The first-order valence-electron chi connectivity index (χ1n) is 8.92. The molecule has 2 N–H and O–H groups in total. The predicted octanol–water partition coefficient (Wildman–Crippen LogP) is 3.06. The van der Waals surface area contributed by atoms with Gasteiger partial charge in [-0.2, -0.15) is 0 Å². The van der Waals surface area contributed by atoms with Crippen molar-refractivity contribution in [1.82, 2.24) is 15.8 Å². The predicted molar refractivity (Wildman–Crippen MR) is 88.5 cm³/mol. The smallest absolute Gasteiger partial charge is 0.407 e. The van der Waals surface area contributed by atoms with Crippen LogP contribution in [-0.2, 0) is 4.74 Å². The lowest BCUT2D eigenvalue weighted by Crippen LogP contribution is -2.53. The maximum absolute atomic E-state index is 11.8. The zero-order chi connectivity index (χ0) is 16.0. The first kappa shape index (κ1) is 17.5. The van der Waals surface area contributed by atoms with Crippen molar-refractivity contribution < 1.29 is 9.53 Å². The molecule has 2 unspecified atom stereocenters. The summed E-state index contributed by atoms with van der Waals surface area (Å²) in [6.45, 7) is 8.71.